The second-order valence-corrected chi connectivity index (χ2v) is 6.93. The van der Waals surface area contributed by atoms with Crippen molar-refractivity contribution < 1.29 is 24.9 Å². The van der Waals surface area contributed by atoms with Crippen molar-refractivity contribution in [1.82, 2.24) is 40.6 Å². The summed E-state index contributed by atoms with van der Waals surface area (Å²) in [6.07, 6.45) is 3.90. The van der Waals surface area contributed by atoms with Gasteiger partial charge in [0.1, 0.15) is 5.54 Å². The number of aliphatic hydroxyl groups is 3. The predicted molar refractivity (Wildman–Crippen MR) is 106 cm³/mol. The van der Waals surface area contributed by atoms with Crippen molar-refractivity contribution in [2.75, 3.05) is 33.4 Å². The fourth-order valence-electron chi connectivity index (χ4n) is 2.46. The Morgan fingerprint density at radius 3 is 2.16 bits per heavy atom. The van der Waals surface area contributed by atoms with Crippen molar-refractivity contribution in [3.63, 3.8) is 0 Å². The normalized spacial score (nSPS) is 11.2. The molecule has 0 aliphatic carbocycles. The van der Waals surface area contributed by atoms with Crippen molar-refractivity contribution in [3.05, 3.63) is 24.3 Å². The minimum absolute atomic E-state index is 0.0152. The maximum absolute atomic E-state index is 12.2. The quantitative estimate of drug-likeness (QED) is 0.282. The van der Waals surface area contributed by atoms with Crippen LogP contribution in [0.4, 0.5) is 0 Å². The van der Waals surface area contributed by atoms with Crippen molar-refractivity contribution in [1.29, 1.82) is 0 Å². The van der Waals surface area contributed by atoms with Crippen LogP contribution in [0.5, 0.6) is 0 Å². The monoisotopic (exact) mass is 434 g/mol. The lowest BCUT2D eigenvalue weighted by molar-refractivity contribution is -0.130. The highest BCUT2D eigenvalue weighted by atomic mass is 16.3. The highest BCUT2D eigenvalue weighted by Crippen LogP contribution is 2.06. The van der Waals surface area contributed by atoms with Crippen LogP contribution in [-0.2, 0) is 16.0 Å². The average molecular weight is 434 g/mol. The van der Waals surface area contributed by atoms with E-state index in [0.29, 0.717) is 24.6 Å². The summed E-state index contributed by atoms with van der Waals surface area (Å²) in [7, 11) is 1.63. The lowest BCUT2D eigenvalue weighted by Gasteiger charge is -2.28. The topological polar surface area (TPSA) is 187 Å². The smallest absolute Gasteiger partial charge is 0.240 e. The van der Waals surface area contributed by atoms with Crippen molar-refractivity contribution >= 4 is 11.8 Å². The number of hydrogen-bond acceptors (Lipinski definition) is 11. The summed E-state index contributed by atoms with van der Waals surface area (Å²) < 4.78 is 0. The zero-order chi connectivity index (χ0) is 22.7. The molecule has 2 rings (SSSR count). The van der Waals surface area contributed by atoms with Gasteiger partial charge in [-0.15, -0.1) is 20.4 Å². The Labute approximate surface area is 178 Å². The van der Waals surface area contributed by atoms with Gasteiger partial charge in [-0.1, -0.05) is 0 Å². The summed E-state index contributed by atoms with van der Waals surface area (Å²) in [6.45, 7) is -1.45. The molecule has 0 aliphatic heterocycles. The number of likely N-dealkylation sites (N-methyl/N-ethyl adjacent to an activating group) is 1. The number of carbonyl (C=O) groups excluding carboxylic acids is 2. The van der Waals surface area contributed by atoms with Gasteiger partial charge in [-0.25, -0.2) is 9.97 Å². The van der Waals surface area contributed by atoms with Crippen LogP contribution in [0.15, 0.2) is 18.5 Å². The van der Waals surface area contributed by atoms with E-state index in [0.717, 1.165) is 0 Å². The van der Waals surface area contributed by atoms with E-state index in [-0.39, 0.29) is 31.0 Å². The first kappa shape index (κ1) is 24.1. The van der Waals surface area contributed by atoms with Gasteiger partial charge in [-0.2, -0.15) is 0 Å². The number of hydrogen-bond donors (Lipinski definition) is 4. The third-order valence-electron chi connectivity index (χ3n) is 4.49. The van der Waals surface area contributed by atoms with Crippen LogP contribution in [0, 0.1) is 0 Å². The summed E-state index contributed by atoms with van der Waals surface area (Å²) in [4.78, 5) is 33.7. The molecule has 0 radical (unpaired) electrons. The molecule has 0 atom stereocenters. The lowest BCUT2D eigenvalue weighted by Crippen LogP contribution is -2.57. The molecule has 0 spiro atoms. The molecule has 4 N–H and O–H groups in total. The molecular weight excluding hydrogens is 408 g/mol. The third-order valence-corrected chi connectivity index (χ3v) is 4.49. The van der Waals surface area contributed by atoms with Gasteiger partial charge in [-0.05, 0) is 12.5 Å². The standard InChI is InChI=1S/C18H26N8O5/c1-26(15(31)5-2-4-14(30)21-18(10-27,11-28)12-29)9-6-13-22-24-17(25-23-13)16-19-7-3-8-20-16/h3,7-8,27-29H,2,4-6,9-12H2,1H3,(H,21,30). The van der Waals surface area contributed by atoms with Crippen LogP contribution in [0.3, 0.4) is 0 Å². The Balaban J connectivity index is 1.73. The summed E-state index contributed by atoms with van der Waals surface area (Å²) >= 11 is 0. The largest absolute Gasteiger partial charge is 0.394 e. The molecule has 13 nitrogen and oxygen atoms in total. The van der Waals surface area contributed by atoms with E-state index in [1.807, 2.05) is 0 Å². The summed E-state index contributed by atoms with van der Waals surface area (Å²) in [6, 6.07) is 1.67. The van der Waals surface area contributed by atoms with Gasteiger partial charge in [-0.3, -0.25) is 9.59 Å². The van der Waals surface area contributed by atoms with Gasteiger partial charge in [0.05, 0.1) is 19.8 Å². The minimum Gasteiger partial charge on any atom is -0.394 e. The number of aromatic nitrogens is 6. The van der Waals surface area contributed by atoms with Crippen molar-refractivity contribution in [2.24, 2.45) is 0 Å². The Morgan fingerprint density at radius 2 is 1.58 bits per heavy atom. The van der Waals surface area contributed by atoms with E-state index in [2.05, 4.69) is 35.7 Å². The van der Waals surface area contributed by atoms with E-state index in [4.69, 9.17) is 0 Å². The SMILES string of the molecule is CN(CCc1nnc(-c2ncccn2)nn1)C(=O)CCCC(=O)NC(CO)(CO)CO. The molecule has 0 saturated heterocycles. The molecule has 2 aromatic rings. The van der Waals surface area contributed by atoms with Crippen LogP contribution in [0.25, 0.3) is 11.6 Å². The molecule has 0 aromatic carbocycles. The predicted octanol–water partition coefficient (Wildman–Crippen LogP) is -2.27. The Hall–Kier alpha value is -3.16. The zero-order valence-electron chi connectivity index (χ0n) is 17.2. The maximum atomic E-state index is 12.2. The Bertz CT molecular complexity index is 824. The molecule has 0 aliphatic rings. The molecule has 2 amide bonds. The first-order valence-electron chi connectivity index (χ1n) is 9.64. The lowest BCUT2D eigenvalue weighted by atomic mass is 10.0. The Morgan fingerprint density at radius 1 is 0.968 bits per heavy atom. The molecular formula is C18H26N8O5. The second-order valence-electron chi connectivity index (χ2n) is 6.93. The van der Waals surface area contributed by atoms with Gasteiger partial charge in [0.25, 0.3) is 0 Å². The van der Waals surface area contributed by atoms with Gasteiger partial charge in [0.2, 0.25) is 23.5 Å². The van der Waals surface area contributed by atoms with Crippen LogP contribution < -0.4 is 5.32 Å². The molecule has 31 heavy (non-hydrogen) atoms. The van der Waals surface area contributed by atoms with Gasteiger partial charge in [0, 0.05) is 45.2 Å². The van der Waals surface area contributed by atoms with Gasteiger partial charge in [0.15, 0.2) is 5.82 Å². The molecule has 0 fully saturated rings. The van der Waals surface area contributed by atoms with Crippen LogP contribution in [-0.4, -0.2) is 101 Å². The first-order chi connectivity index (χ1) is 14.9. The minimum atomic E-state index is -1.47. The second kappa shape index (κ2) is 11.9. The summed E-state index contributed by atoms with van der Waals surface area (Å²) in [5.74, 6) is 0.257. The van der Waals surface area contributed by atoms with E-state index >= 15 is 0 Å². The molecule has 0 unspecified atom stereocenters. The van der Waals surface area contributed by atoms with E-state index in [1.165, 1.54) is 4.90 Å². The number of carbonyl (C=O) groups is 2. The zero-order valence-corrected chi connectivity index (χ0v) is 17.2. The van der Waals surface area contributed by atoms with E-state index < -0.39 is 31.3 Å². The van der Waals surface area contributed by atoms with Crippen LogP contribution >= 0.6 is 0 Å². The molecule has 0 bridgehead atoms. The molecule has 168 valence electrons. The fourth-order valence-corrected chi connectivity index (χ4v) is 2.46. The van der Waals surface area contributed by atoms with E-state index in [1.54, 1.807) is 25.5 Å². The summed E-state index contributed by atoms with van der Waals surface area (Å²) in [5.41, 5.74) is -1.47. The molecule has 2 aromatic heterocycles. The van der Waals surface area contributed by atoms with Crippen molar-refractivity contribution in [3.8, 4) is 11.6 Å². The van der Waals surface area contributed by atoms with Gasteiger partial charge >= 0.3 is 0 Å². The highest BCUT2D eigenvalue weighted by molar-refractivity contribution is 5.79. The third kappa shape index (κ3) is 7.24. The summed E-state index contributed by atoms with van der Waals surface area (Å²) in [5, 5.41) is 45.9. The molecule has 13 heteroatoms. The first-order valence-corrected chi connectivity index (χ1v) is 9.64. The number of rotatable bonds is 12. The number of nitrogens with zero attached hydrogens (tertiary/aromatic N) is 7. The number of nitrogens with one attached hydrogen (secondary N) is 1. The van der Waals surface area contributed by atoms with Gasteiger partial charge < -0.3 is 25.5 Å². The van der Waals surface area contributed by atoms with E-state index in [9.17, 15) is 24.9 Å². The number of aliphatic hydroxyl groups excluding tert-OH is 3. The average Bonchev–Trinajstić information content (AvgIpc) is 2.82. The van der Waals surface area contributed by atoms with Crippen LogP contribution in [0.2, 0.25) is 0 Å². The fraction of sp³-hybridized carbons (Fsp3) is 0.556. The highest BCUT2D eigenvalue weighted by Gasteiger charge is 2.29. The Kier molecular flexibility index (Phi) is 9.24. The van der Waals surface area contributed by atoms with Crippen LogP contribution in [0.1, 0.15) is 25.1 Å². The molecule has 0 saturated carbocycles. The molecule has 2 heterocycles. The maximum Gasteiger partial charge on any atom is 0.240 e. The van der Waals surface area contributed by atoms with Crippen molar-refractivity contribution in [2.45, 2.75) is 31.2 Å². The number of amides is 2.